The SMILES string of the molecule is CCCCC[C@H]1CC[C@H](CCC2CCC(/C=C/C#Cc3ccc(C(F)(F)F)c(F)c3)CC2)CC1. The predicted molar refractivity (Wildman–Crippen MR) is 132 cm³/mol. The van der Waals surface area contributed by atoms with E-state index in [0.29, 0.717) is 5.92 Å². The lowest BCUT2D eigenvalue weighted by atomic mass is 9.75. The Morgan fingerprint density at radius 3 is 2.00 bits per heavy atom. The zero-order chi connectivity index (χ0) is 24.4. The molecule has 2 aliphatic carbocycles. The second kappa shape index (κ2) is 13.4. The van der Waals surface area contributed by atoms with Gasteiger partial charge in [0.15, 0.2) is 0 Å². The fourth-order valence-electron chi connectivity index (χ4n) is 5.76. The van der Waals surface area contributed by atoms with Gasteiger partial charge >= 0.3 is 6.18 Å². The van der Waals surface area contributed by atoms with E-state index in [2.05, 4.69) is 24.8 Å². The molecule has 4 heteroatoms. The van der Waals surface area contributed by atoms with Crippen LogP contribution >= 0.6 is 0 Å². The number of rotatable bonds is 8. The number of halogens is 4. The number of alkyl halides is 3. The first kappa shape index (κ1) is 26.8. The summed E-state index contributed by atoms with van der Waals surface area (Å²) < 4.78 is 51.5. The second-order valence-electron chi connectivity index (χ2n) is 10.6. The van der Waals surface area contributed by atoms with E-state index in [0.717, 1.165) is 29.9 Å². The van der Waals surface area contributed by atoms with E-state index >= 15 is 0 Å². The number of benzene rings is 1. The molecule has 0 N–H and O–H groups in total. The Bertz CT molecular complexity index is 826. The molecule has 0 aromatic heterocycles. The maximum Gasteiger partial charge on any atom is 0.419 e. The van der Waals surface area contributed by atoms with Gasteiger partial charge in [-0.1, -0.05) is 89.0 Å². The fraction of sp³-hybridized carbons (Fsp3) is 0.667. The molecule has 3 rings (SSSR count). The minimum atomic E-state index is -4.68. The molecule has 1 aromatic rings. The van der Waals surface area contributed by atoms with E-state index in [-0.39, 0.29) is 5.56 Å². The minimum Gasteiger partial charge on any atom is -0.206 e. The van der Waals surface area contributed by atoms with E-state index < -0.39 is 17.6 Å². The molecule has 34 heavy (non-hydrogen) atoms. The Kier molecular flexibility index (Phi) is 10.5. The summed E-state index contributed by atoms with van der Waals surface area (Å²) in [4.78, 5) is 0. The standard InChI is InChI=1S/C30H40F4/c1-2-3-4-7-23-10-14-25(15-11-23)18-19-26-16-12-24(13-17-26)8-5-6-9-27-20-21-28(29(31)22-27)30(32,33)34/h5,8,20-26H,2-4,7,10-19H2,1H3/b8-5+/t23-,24?,25-,26?. The van der Waals surface area contributed by atoms with Crippen LogP contribution in [0, 0.1) is 41.3 Å². The average molecular weight is 477 g/mol. The van der Waals surface area contributed by atoms with Crippen molar-refractivity contribution in [3.05, 3.63) is 47.3 Å². The molecule has 2 aliphatic rings. The van der Waals surface area contributed by atoms with E-state index in [9.17, 15) is 17.6 Å². The summed E-state index contributed by atoms with van der Waals surface area (Å²) in [6.07, 6.45) is 18.3. The van der Waals surface area contributed by atoms with Gasteiger partial charge < -0.3 is 0 Å². The summed E-state index contributed by atoms with van der Waals surface area (Å²) in [6.45, 7) is 2.28. The molecule has 1 aromatic carbocycles. The Balaban J connectivity index is 1.33. The van der Waals surface area contributed by atoms with Gasteiger partial charge in [-0.2, -0.15) is 13.2 Å². The molecule has 0 aliphatic heterocycles. The number of hydrogen-bond donors (Lipinski definition) is 0. The Hall–Kier alpha value is -1.76. The molecular formula is C30H40F4. The van der Waals surface area contributed by atoms with Crippen LogP contribution in [0.3, 0.4) is 0 Å². The van der Waals surface area contributed by atoms with Crippen molar-refractivity contribution in [1.82, 2.24) is 0 Å². The first-order valence-corrected chi connectivity index (χ1v) is 13.4. The number of allylic oxidation sites excluding steroid dienone is 2. The highest BCUT2D eigenvalue weighted by molar-refractivity contribution is 5.39. The Labute approximate surface area is 203 Å². The van der Waals surface area contributed by atoms with Crippen molar-refractivity contribution in [2.24, 2.45) is 23.7 Å². The lowest BCUT2D eigenvalue weighted by molar-refractivity contribution is -0.140. The molecule has 0 nitrogen and oxygen atoms in total. The molecule has 0 spiro atoms. The summed E-state index contributed by atoms with van der Waals surface area (Å²) in [5, 5.41) is 0. The lowest BCUT2D eigenvalue weighted by Gasteiger charge is -2.31. The predicted octanol–water partition coefficient (Wildman–Crippen LogP) is 9.73. The van der Waals surface area contributed by atoms with Gasteiger partial charge in [0.2, 0.25) is 0 Å². The summed E-state index contributed by atoms with van der Waals surface area (Å²) in [5.74, 6) is 7.64. The van der Waals surface area contributed by atoms with Gasteiger partial charge in [-0.05, 0) is 73.6 Å². The smallest absolute Gasteiger partial charge is 0.206 e. The number of hydrogen-bond acceptors (Lipinski definition) is 0. The molecule has 0 amide bonds. The van der Waals surface area contributed by atoms with Crippen molar-refractivity contribution in [1.29, 1.82) is 0 Å². The second-order valence-corrected chi connectivity index (χ2v) is 10.6. The highest BCUT2D eigenvalue weighted by Crippen LogP contribution is 2.38. The van der Waals surface area contributed by atoms with Crippen molar-refractivity contribution < 1.29 is 17.6 Å². The van der Waals surface area contributed by atoms with Crippen molar-refractivity contribution in [3.8, 4) is 11.8 Å². The molecule has 0 saturated heterocycles. The highest BCUT2D eigenvalue weighted by atomic mass is 19.4. The normalized spacial score (nSPS) is 25.8. The lowest BCUT2D eigenvalue weighted by Crippen LogP contribution is -2.17. The van der Waals surface area contributed by atoms with Gasteiger partial charge in [-0.15, -0.1) is 0 Å². The first-order chi connectivity index (χ1) is 16.3. The molecule has 2 fully saturated rings. The van der Waals surface area contributed by atoms with Gasteiger partial charge in [-0.3, -0.25) is 0 Å². The monoisotopic (exact) mass is 476 g/mol. The topological polar surface area (TPSA) is 0 Å². The third-order valence-electron chi connectivity index (χ3n) is 8.00. The largest absolute Gasteiger partial charge is 0.419 e. The summed E-state index contributed by atoms with van der Waals surface area (Å²) in [7, 11) is 0. The molecule has 188 valence electrons. The van der Waals surface area contributed by atoms with Crippen LogP contribution in [0.25, 0.3) is 0 Å². The zero-order valence-corrected chi connectivity index (χ0v) is 20.6. The average Bonchev–Trinajstić information content (AvgIpc) is 2.81. The maximum absolute atomic E-state index is 13.6. The summed E-state index contributed by atoms with van der Waals surface area (Å²) in [5.41, 5.74) is -0.991. The third-order valence-corrected chi connectivity index (χ3v) is 8.00. The van der Waals surface area contributed by atoms with E-state index in [1.807, 2.05) is 0 Å². The molecule has 0 radical (unpaired) electrons. The molecule has 0 bridgehead atoms. The Morgan fingerprint density at radius 1 is 0.853 bits per heavy atom. The van der Waals surface area contributed by atoms with Crippen LogP contribution in [0.1, 0.15) is 108 Å². The van der Waals surface area contributed by atoms with E-state index in [1.54, 1.807) is 6.08 Å². The summed E-state index contributed by atoms with van der Waals surface area (Å²) in [6, 6.07) is 2.83. The van der Waals surface area contributed by atoms with Gasteiger partial charge in [0.05, 0.1) is 5.56 Å². The summed E-state index contributed by atoms with van der Waals surface area (Å²) >= 11 is 0. The molecular weight excluding hydrogens is 436 g/mol. The molecule has 0 unspecified atom stereocenters. The van der Waals surface area contributed by atoms with Crippen LogP contribution in [0.2, 0.25) is 0 Å². The highest BCUT2D eigenvalue weighted by Gasteiger charge is 2.33. The van der Waals surface area contributed by atoms with Gasteiger partial charge in [0, 0.05) is 5.56 Å². The first-order valence-electron chi connectivity index (χ1n) is 13.4. The van der Waals surface area contributed by atoms with Gasteiger partial charge in [-0.25, -0.2) is 4.39 Å². The van der Waals surface area contributed by atoms with Crippen molar-refractivity contribution in [2.45, 2.75) is 103 Å². The van der Waals surface area contributed by atoms with Crippen LogP contribution in [-0.4, -0.2) is 0 Å². The Morgan fingerprint density at radius 2 is 1.44 bits per heavy atom. The van der Waals surface area contributed by atoms with Crippen molar-refractivity contribution in [3.63, 3.8) is 0 Å². The van der Waals surface area contributed by atoms with Crippen LogP contribution in [0.5, 0.6) is 0 Å². The fourth-order valence-corrected chi connectivity index (χ4v) is 5.76. The van der Waals surface area contributed by atoms with Crippen LogP contribution in [0.15, 0.2) is 30.4 Å². The maximum atomic E-state index is 13.6. The van der Waals surface area contributed by atoms with Gasteiger partial charge in [0.1, 0.15) is 5.82 Å². The van der Waals surface area contributed by atoms with Crippen LogP contribution < -0.4 is 0 Å². The zero-order valence-electron chi connectivity index (χ0n) is 20.6. The quantitative estimate of drug-likeness (QED) is 0.199. The van der Waals surface area contributed by atoms with Gasteiger partial charge in [0.25, 0.3) is 0 Å². The van der Waals surface area contributed by atoms with E-state index in [4.69, 9.17) is 0 Å². The molecule has 2 saturated carbocycles. The minimum absolute atomic E-state index is 0.258. The van der Waals surface area contributed by atoms with Crippen LogP contribution in [-0.2, 0) is 6.18 Å². The van der Waals surface area contributed by atoms with E-state index in [1.165, 1.54) is 96.0 Å². The van der Waals surface area contributed by atoms with Crippen molar-refractivity contribution in [2.75, 3.05) is 0 Å². The molecule has 0 atom stereocenters. The molecule has 0 heterocycles. The third kappa shape index (κ3) is 8.79. The van der Waals surface area contributed by atoms with Crippen molar-refractivity contribution >= 4 is 0 Å². The van der Waals surface area contributed by atoms with Crippen LogP contribution in [0.4, 0.5) is 17.6 Å². The number of unbranched alkanes of at least 4 members (excludes halogenated alkanes) is 2.